The number of ether oxygens (including phenoxy) is 1. The highest BCUT2D eigenvalue weighted by molar-refractivity contribution is 8.00. The van der Waals surface area contributed by atoms with Gasteiger partial charge in [-0.1, -0.05) is 36.4 Å². The zero-order valence-electron chi connectivity index (χ0n) is 15.3. The molecule has 26 heavy (non-hydrogen) atoms. The van der Waals surface area contributed by atoms with Crippen LogP contribution < -0.4 is 4.74 Å². The van der Waals surface area contributed by atoms with Crippen LogP contribution in [0.4, 0.5) is 0 Å². The standard InChI is InChI=1S/C21H26N2O2S/c1-25-19-8-5-9-20(16-19)26-17-21(24)23-14-12-22(13-15-23)11-10-18-6-3-2-4-7-18/h2-9,16H,10-15,17H2,1H3. The summed E-state index contributed by atoms with van der Waals surface area (Å²) >= 11 is 1.58. The maximum atomic E-state index is 12.5. The molecule has 3 rings (SSSR count). The zero-order valence-corrected chi connectivity index (χ0v) is 16.1. The number of hydrogen-bond donors (Lipinski definition) is 0. The molecule has 1 aliphatic heterocycles. The van der Waals surface area contributed by atoms with Crippen molar-refractivity contribution in [3.05, 3.63) is 60.2 Å². The van der Waals surface area contributed by atoms with E-state index in [9.17, 15) is 4.79 Å². The minimum atomic E-state index is 0.223. The van der Waals surface area contributed by atoms with Crippen LogP contribution in [-0.4, -0.2) is 61.3 Å². The number of rotatable bonds is 7. The van der Waals surface area contributed by atoms with Crippen molar-refractivity contribution in [2.75, 3.05) is 45.6 Å². The Hall–Kier alpha value is -1.98. The van der Waals surface area contributed by atoms with Gasteiger partial charge in [-0.2, -0.15) is 0 Å². The molecule has 0 unspecified atom stereocenters. The van der Waals surface area contributed by atoms with Gasteiger partial charge >= 0.3 is 0 Å². The van der Waals surface area contributed by atoms with Gasteiger partial charge in [0.05, 0.1) is 12.9 Å². The molecule has 138 valence electrons. The molecule has 1 saturated heterocycles. The second kappa shape index (κ2) is 9.64. The molecule has 0 N–H and O–H groups in total. The molecule has 0 spiro atoms. The van der Waals surface area contributed by atoms with E-state index in [-0.39, 0.29) is 5.91 Å². The molecule has 2 aromatic rings. The molecular weight excluding hydrogens is 344 g/mol. The van der Waals surface area contributed by atoms with Crippen molar-refractivity contribution in [1.29, 1.82) is 0 Å². The van der Waals surface area contributed by atoms with Crippen LogP contribution >= 0.6 is 11.8 Å². The zero-order chi connectivity index (χ0) is 18.2. The summed E-state index contributed by atoms with van der Waals surface area (Å²) in [5.41, 5.74) is 1.38. The number of thioether (sulfide) groups is 1. The van der Waals surface area contributed by atoms with Crippen LogP contribution in [0.1, 0.15) is 5.56 Å². The highest BCUT2D eigenvalue weighted by atomic mass is 32.2. The molecule has 4 nitrogen and oxygen atoms in total. The lowest BCUT2D eigenvalue weighted by Gasteiger charge is -2.34. The van der Waals surface area contributed by atoms with Crippen LogP contribution in [0.3, 0.4) is 0 Å². The summed E-state index contributed by atoms with van der Waals surface area (Å²) < 4.78 is 5.23. The second-order valence-electron chi connectivity index (χ2n) is 6.43. The van der Waals surface area contributed by atoms with E-state index in [4.69, 9.17) is 4.74 Å². The highest BCUT2D eigenvalue weighted by Crippen LogP contribution is 2.23. The maximum Gasteiger partial charge on any atom is 0.233 e. The Balaban J connectivity index is 1.39. The molecule has 0 aliphatic carbocycles. The van der Waals surface area contributed by atoms with E-state index in [0.29, 0.717) is 5.75 Å². The fraction of sp³-hybridized carbons (Fsp3) is 0.381. The van der Waals surface area contributed by atoms with Crippen LogP contribution in [0.25, 0.3) is 0 Å². The number of carbonyl (C=O) groups is 1. The van der Waals surface area contributed by atoms with Gasteiger partial charge in [-0.05, 0) is 30.2 Å². The summed E-state index contributed by atoms with van der Waals surface area (Å²) in [7, 11) is 1.66. The van der Waals surface area contributed by atoms with Crippen molar-refractivity contribution in [3.63, 3.8) is 0 Å². The average Bonchev–Trinajstić information content (AvgIpc) is 2.72. The Labute approximate surface area is 160 Å². The number of piperazine rings is 1. The first-order chi connectivity index (χ1) is 12.7. The van der Waals surface area contributed by atoms with Crippen molar-refractivity contribution < 1.29 is 9.53 Å². The Kier molecular flexibility index (Phi) is 6.97. The molecule has 0 atom stereocenters. The lowest BCUT2D eigenvalue weighted by Crippen LogP contribution is -2.49. The predicted molar refractivity (Wildman–Crippen MR) is 107 cm³/mol. The Bertz CT molecular complexity index is 700. The van der Waals surface area contributed by atoms with Crippen LogP contribution in [-0.2, 0) is 11.2 Å². The first-order valence-corrected chi connectivity index (χ1v) is 10.0. The molecule has 5 heteroatoms. The molecule has 1 heterocycles. The van der Waals surface area contributed by atoms with Crippen LogP contribution in [0.2, 0.25) is 0 Å². The van der Waals surface area contributed by atoms with E-state index in [1.54, 1.807) is 18.9 Å². The first kappa shape index (κ1) is 18.8. The van der Waals surface area contributed by atoms with Gasteiger partial charge in [0.2, 0.25) is 5.91 Å². The van der Waals surface area contributed by atoms with Gasteiger partial charge < -0.3 is 9.64 Å². The first-order valence-electron chi connectivity index (χ1n) is 9.05. The number of amides is 1. The van der Waals surface area contributed by atoms with Crippen LogP contribution in [0.5, 0.6) is 5.75 Å². The molecule has 0 aromatic heterocycles. The fourth-order valence-electron chi connectivity index (χ4n) is 3.08. The number of hydrogen-bond acceptors (Lipinski definition) is 4. The molecule has 1 fully saturated rings. The summed E-state index contributed by atoms with van der Waals surface area (Å²) in [6.07, 6.45) is 1.07. The number of methoxy groups -OCH3 is 1. The van der Waals surface area contributed by atoms with Crippen molar-refractivity contribution in [1.82, 2.24) is 9.80 Å². The normalized spacial score (nSPS) is 15.0. The van der Waals surface area contributed by atoms with Gasteiger partial charge in [0.15, 0.2) is 0 Å². The van der Waals surface area contributed by atoms with Gasteiger partial charge in [0.1, 0.15) is 5.75 Å². The second-order valence-corrected chi connectivity index (χ2v) is 7.47. The van der Waals surface area contributed by atoms with Gasteiger partial charge in [-0.15, -0.1) is 11.8 Å². The summed E-state index contributed by atoms with van der Waals surface area (Å²) in [5, 5.41) is 0. The minimum Gasteiger partial charge on any atom is -0.497 e. The van der Waals surface area contributed by atoms with E-state index in [1.807, 2.05) is 29.2 Å². The average molecular weight is 371 g/mol. The Morgan fingerprint density at radius 1 is 1.04 bits per heavy atom. The summed E-state index contributed by atoms with van der Waals surface area (Å²) in [6, 6.07) is 18.4. The topological polar surface area (TPSA) is 32.8 Å². The maximum absolute atomic E-state index is 12.5. The van der Waals surface area contributed by atoms with Crippen molar-refractivity contribution in [3.8, 4) is 5.75 Å². The van der Waals surface area contributed by atoms with Gasteiger partial charge in [0.25, 0.3) is 0 Å². The highest BCUT2D eigenvalue weighted by Gasteiger charge is 2.20. The molecular formula is C21H26N2O2S. The SMILES string of the molecule is COc1cccc(SCC(=O)N2CCN(CCc3ccccc3)CC2)c1. The number of nitrogens with zero attached hydrogens (tertiary/aromatic N) is 2. The van der Waals surface area contributed by atoms with Crippen LogP contribution in [0.15, 0.2) is 59.5 Å². The van der Waals surface area contributed by atoms with E-state index < -0.39 is 0 Å². The smallest absolute Gasteiger partial charge is 0.233 e. The van der Waals surface area contributed by atoms with E-state index in [1.165, 1.54) is 5.56 Å². The minimum absolute atomic E-state index is 0.223. The van der Waals surface area contributed by atoms with Gasteiger partial charge in [-0.3, -0.25) is 9.69 Å². The third-order valence-electron chi connectivity index (χ3n) is 4.69. The van der Waals surface area contributed by atoms with E-state index in [2.05, 4.69) is 35.2 Å². The number of carbonyl (C=O) groups excluding carboxylic acids is 1. The monoisotopic (exact) mass is 370 g/mol. The third-order valence-corrected chi connectivity index (χ3v) is 5.67. The summed E-state index contributed by atoms with van der Waals surface area (Å²) in [6.45, 7) is 4.63. The fourth-order valence-corrected chi connectivity index (χ4v) is 3.93. The van der Waals surface area contributed by atoms with Gasteiger partial charge in [0, 0.05) is 37.6 Å². The van der Waals surface area contributed by atoms with Gasteiger partial charge in [-0.25, -0.2) is 0 Å². The van der Waals surface area contributed by atoms with E-state index in [0.717, 1.165) is 49.8 Å². The molecule has 1 amide bonds. The lowest BCUT2D eigenvalue weighted by molar-refractivity contribution is -0.130. The summed E-state index contributed by atoms with van der Waals surface area (Å²) in [4.78, 5) is 18.0. The third kappa shape index (κ3) is 5.51. The number of benzene rings is 2. The van der Waals surface area contributed by atoms with Crippen LogP contribution in [0, 0.1) is 0 Å². The quantitative estimate of drug-likeness (QED) is 0.701. The molecule has 0 radical (unpaired) electrons. The predicted octanol–water partition coefficient (Wildman–Crippen LogP) is 3.17. The largest absolute Gasteiger partial charge is 0.497 e. The Morgan fingerprint density at radius 2 is 1.81 bits per heavy atom. The summed E-state index contributed by atoms with van der Waals surface area (Å²) in [5.74, 6) is 1.53. The van der Waals surface area contributed by atoms with Crippen molar-refractivity contribution in [2.24, 2.45) is 0 Å². The van der Waals surface area contributed by atoms with Crippen molar-refractivity contribution in [2.45, 2.75) is 11.3 Å². The molecule has 2 aromatic carbocycles. The molecule has 1 aliphatic rings. The van der Waals surface area contributed by atoms with Crippen molar-refractivity contribution >= 4 is 17.7 Å². The lowest BCUT2D eigenvalue weighted by atomic mass is 10.1. The van der Waals surface area contributed by atoms with E-state index >= 15 is 0 Å². The molecule has 0 bridgehead atoms. The molecule has 0 saturated carbocycles. The Morgan fingerprint density at radius 3 is 2.54 bits per heavy atom.